The van der Waals surface area contributed by atoms with E-state index in [2.05, 4.69) is 55.3 Å². The molecule has 0 unspecified atom stereocenters. The van der Waals surface area contributed by atoms with Crippen molar-refractivity contribution in [2.45, 2.75) is 27.2 Å². The van der Waals surface area contributed by atoms with Crippen LogP contribution in [0.3, 0.4) is 0 Å². The highest BCUT2D eigenvalue weighted by molar-refractivity contribution is 5.49. The van der Waals surface area contributed by atoms with E-state index in [9.17, 15) is 0 Å². The third kappa shape index (κ3) is 4.23. The minimum absolute atomic E-state index is 1.06. The van der Waals surface area contributed by atoms with Crippen molar-refractivity contribution < 1.29 is 0 Å². The van der Waals surface area contributed by atoms with Gasteiger partial charge in [-0.05, 0) is 44.6 Å². The summed E-state index contributed by atoms with van der Waals surface area (Å²) < 4.78 is 0. The lowest BCUT2D eigenvalue weighted by molar-refractivity contribution is 0.303. The van der Waals surface area contributed by atoms with E-state index in [1.54, 1.807) is 0 Å². The molecule has 16 heavy (non-hydrogen) atoms. The van der Waals surface area contributed by atoms with E-state index < -0.39 is 0 Å². The van der Waals surface area contributed by atoms with Gasteiger partial charge in [0.05, 0.1) is 0 Å². The highest BCUT2D eigenvalue weighted by Crippen LogP contribution is 2.12. The normalized spacial score (nSPS) is 10.8. The zero-order valence-corrected chi connectivity index (χ0v) is 10.8. The summed E-state index contributed by atoms with van der Waals surface area (Å²) in [5.74, 6) is 0. The van der Waals surface area contributed by atoms with Crippen LogP contribution in [0, 0.1) is 6.92 Å². The van der Waals surface area contributed by atoms with E-state index in [-0.39, 0.29) is 0 Å². The Morgan fingerprint density at radius 3 is 2.44 bits per heavy atom. The zero-order valence-electron chi connectivity index (χ0n) is 10.8. The number of aryl methyl sites for hydroxylation is 1. The minimum Gasteiger partial charge on any atom is -0.385 e. The number of benzene rings is 1. The molecule has 0 radical (unpaired) electrons. The van der Waals surface area contributed by atoms with Crippen molar-refractivity contribution in [2.75, 3.05) is 31.5 Å². The van der Waals surface area contributed by atoms with Crippen LogP contribution in [0.5, 0.6) is 0 Å². The molecule has 1 rings (SSSR count). The molecule has 0 aliphatic rings. The van der Waals surface area contributed by atoms with Crippen molar-refractivity contribution in [3.63, 3.8) is 0 Å². The van der Waals surface area contributed by atoms with Gasteiger partial charge in [0, 0.05) is 12.2 Å². The summed E-state index contributed by atoms with van der Waals surface area (Å²) in [6, 6.07) is 8.45. The fraction of sp³-hybridized carbons (Fsp3) is 0.571. The summed E-state index contributed by atoms with van der Waals surface area (Å²) in [5, 5.41) is 3.49. The molecular formula is C14H24N2. The molecule has 0 spiro atoms. The summed E-state index contributed by atoms with van der Waals surface area (Å²) in [4.78, 5) is 2.46. The first kappa shape index (κ1) is 13.0. The molecule has 0 heterocycles. The number of nitrogens with zero attached hydrogens (tertiary/aromatic N) is 1. The van der Waals surface area contributed by atoms with Gasteiger partial charge in [0.15, 0.2) is 0 Å². The Labute approximate surface area is 99.7 Å². The molecule has 90 valence electrons. The van der Waals surface area contributed by atoms with Gasteiger partial charge in [-0.2, -0.15) is 0 Å². The average Bonchev–Trinajstić information content (AvgIpc) is 2.31. The maximum absolute atomic E-state index is 3.49. The smallest absolute Gasteiger partial charge is 0.0369 e. The van der Waals surface area contributed by atoms with Crippen LogP contribution in [0.4, 0.5) is 5.69 Å². The maximum Gasteiger partial charge on any atom is 0.0369 e. The second-order valence-corrected chi connectivity index (χ2v) is 4.12. The summed E-state index contributed by atoms with van der Waals surface area (Å²) in [6.45, 7) is 11.1. The van der Waals surface area contributed by atoms with E-state index in [0.717, 1.165) is 19.6 Å². The third-order valence-corrected chi connectivity index (χ3v) is 3.01. The van der Waals surface area contributed by atoms with E-state index in [1.165, 1.54) is 24.2 Å². The molecule has 1 aromatic rings. The minimum atomic E-state index is 1.06. The lowest BCUT2D eigenvalue weighted by Gasteiger charge is -2.18. The lowest BCUT2D eigenvalue weighted by Crippen LogP contribution is -2.25. The zero-order chi connectivity index (χ0) is 11.8. The number of hydrogen-bond acceptors (Lipinski definition) is 2. The first-order chi connectivity index (χ1) is 7.77. The molecule has 0 aliphatic carbocycles. The molecule has 0 aromatic heterocycles. The summed E-state index contributed by atoms with van der Waals surface area (Å²) in [7, 11) is 0. The Kier molecular flexibility index (Phi) is 5.94. The quantitative estimate of drug-likeness (QED) is 0.710. The van der Waals surface area contributed by atoms with Gasteiger partial charge in [-0.1, -0.05) is 32.0 Å². The second-order valence-electron chi connectivity index (χ2n) is 4.12. The van der Waals surface area contributed by atoms with Gasteiger partial charge < -0.3 is 10.2 Å². The Hall–Kier alpha value is -1.02. The fourth-order valence-electron chi connectivity index (χ4n) is 1.84. The summed E-state index contributed by atoms with van der Waals surface area (Å²) in [6.07, 6.45) is 1.20. The highest BCUT2D eigenvalue weighted by Gasteiger charge is 1.99. The SMILES string of the molecule is CCN(CC)CCCNc1ccccc1C. The van der Waals surface area contributed by atoms with Gasteiger partial charge in [-0.15, -0.1) is 0 Å². The molecule has 1 aromatic carbocycles. The first-order valence-corrected chi connectivity index (χ1v) is 6.29. The largest absolute Gasteiger partial charge is 0.385 e. The predicted octanol–water partition coefficient (Wildman–Crippen LogP) is 3.14. The highest BCUT2D eigenvalue weighted by atomic mass is 15.1. The van der Waals surface area contributed by atoms with E-state index in [0.29, 0.717) is 0 Å². The standard InChI is InChI=1S/C14H24N2/c1-4-16(5-2)12-8-11-15-14-10-7-6-9-13(14)3/h6-7,9-10,15H,4-5,8,11-12H2,1-3H3. The second kappa shape index (κ2) is 7.29. The van der Waals surface area contributed by atoms with Crippen LogP contribution in [-0.4, -0.2) is 31.1 Å². The Morgan fingerprint density at radius 2 is 1.81 bits per heavy atom. The molecular weight excluding hydrogens is 196 g/mol. The molecule has 2 nitrogen and oxygen atoms in total. The van der Waals surface area contributed by atoms with Crippen LogP contribution in [-0.2, 0) is 0 Å². The van der Waals surface area contributed by atoms with E-state index in [4.69, 9.17) is 0 Å². The molecule has 0 bridgehead atoms. The number of rotatable bonds is 7. The van der Waals surface area contributed by atoms with Crippen LogP contribution < -0.4 is 5.32 Å². The van der Waals surface area contributed by atoms with Crippen LogP contribution in [0.15, 0.2) is 24.3 Å². The fourth-order valence-corrected chi connectivity index (χ4v) is 1.84. The first-order valence-electron chi connectivity index (χ1n) is 6.29. The van der Waals surface area contributed by atoms with Crippen LogP contribution in [0.25, 0.3) is 0 Å². The lowest BCUT2D eigenvalue weighted by atomic mass is 10.2. The van der Waals surface area contributed by atoms with E-state index >= 15 is 0 Å². The molecule has 0 amide bonds. The molecule has 0 aliphatic heterocycles. The third-order valence-electron chi connectivity index (χ3n) is 3.01. The Balaban J connectivity index is 2.23. The van der Waals surface area contributed by atoms with Crippen molar-refractivity contribution in [3.8, 4) is 0 Å². The van der Waals surface area contributed by atoms with Crippen molar-refractivity contribution >= 4 is 5.69 Å². The molecule has 0 atom stereocenters. The number of nitrogens with one attached hydrogen (secondary N) is 1. The van der Waals surface area contributed by atoms with Gasteiger partial charge >= 0.3 is 0 Å². The van der Waals surface area contributed by atoms with Crippen molar-refractivity contribution in [1.29, 1.82) is 0 Å². The van der Waals surface area contributed by atoms with E-state index in [1.807, 2.05) is 0 Å². The Morgan fingerprint density at radius 1 is 1.12 bits per heavy atom. The average molecular weight is 220 g/mol. The topological polar surface area (TPSA) is 15.3 Å². The van der Waals surface area contributed by atoms with Crippen LogP contribution in [0.2, 0.25) is 0 Å². The van der Waals surface area contributed by atoms with Gasteiger partial charge in [0.25, 0.3) is 0 Å². The van der Waals surface area contributed by atoms with Gasteiger partial charge in [-0.25, -0.2) is 0 Å². The predicted molar refractivity (Wildman–Crippen MR) is 72.1 cm³/mol. The molecule has 0 fully saturated rings. The number of para-hydroxylation sites is 1. The van der Waals surface area contributed by atoms with Crippen molar-refractivity contribution in [3.05, 3.63) is 29.8 Å². The van der Waals surface area contributed by atoms with Crippen molar-refractivity contribution in [2.24, 2.45) is 0 Å². The monoisotopic (exact) mass is 220 g/mol. The number of hydrogen-bond donors (Lipinski definition) is 1. The van der Waals surface area contributed by atoms with Crippen LogP contribution in [0.1, 0.15) is 25.8 Å². The molecule has 1 N–H and O–H groups in total. The summed E-state index contributed by atoms with van der Waals surface area (Å²) >= 11 is 0. The molecule has 0 saturated heterocycles. The molecule has 2 heteroatoms. The van der Waals surface area contributed by atoms with Crippen molar-refractivity contribution in [1.82, 2.24) is 4.90 Å². The number of anilines is 1. The van der Waals surface area contributed by atoms with Crippen LogP contribution >= 0.6 is 0 Å². The van der Waals surface area contributed by atoms with Gasteiger partial charge in [0.2, 0.25) is 0 Å². The van der Waals surface area contributed by atoms with Gasteiger partial charge in [-0.3, -0.25) is 0 Å². The maximum atomic E-state index is 3.49. The van der Waals surface area contributed by atoms with Gasteiger partial charge in [0.1, 0.15) is 0 Å². The molecule has 0 saturated carbocycles. The Bertz CT molecular complexity index is 293. The summed E-state index contributed by atoms with van der Waals surface area (Å²) in [5.41, 5.74) is 2.59.